The van der Waals surface area contributed by atoms with E-state index in [-0.39, 0.29) is 0 Å². The third-order valence-corrected chi connectivity index (χ3v) is 6.97. The molecule has 0 bridgehead atoms. The zero-order valence-corrected chi connectivity index (χ0v) is 17.5. The van der Waals surface area contributed by atoms with Crippen molar-refractivity contribution >= 4 is 15.7 Å². The number of hydrogen-bond donors (Lipinski definition) is 1. The van der Waals surface area contributed by atoms with Gasteiger partial charge < -0.3 is 19.1 Å². The third-order valence-electron chi connectivity index (χ3n) is 5.06. The number of nitrogens with one attached hydrogen (secondary N) is 1. The zero-order chi connectivity index (χ0) is 20.3. The fourth-order valence-corrected chi connectivity index (χ4v) is 4.87. The minimum atomic E-state index is -3.47. The maximum absolute atomic E-state index is 12.9. The number of aryl methyl sites for hydroxylation is 1. The van der Waals surface area contributed by atoms with Crippen molar-refractivity contribution in [2.45, 2.75) is 11.8 Å². The monoisotopic (exact) mass is 407 g/mol. The molecule has 1 aliphatic heterocycles. The molecule has 1 N–H and O–H groups in total. The van der Waals surface area contributed by atoms with Gasteiger partial charge in [-0.1, -0.05) is 17.7 Å². The zero-order valence-electron chi connectivity index (χ0n) is 16.7. The Labute approximate surface area is 166 Å². The SMILES string of the molecule is COc1cc([NH+]2CCN(S(=O)(=O)c3ccc(C)cc3)CC2)cc(OC)c1OC. The van der Waals surface area contributed by atoms with E-state index in [2.05, 4.69) is 0 Å². The molecule has 1 aliphatic rings. The normalized spacial score (nSPS) is 16.0. The van der Waals surface area contributed by atoms with Crippen molar-refractivity contribution in [1.29, 1.82) is 0 Å². The number of hydrogen-bond acceptors (Lipinski definition) is 5. The Hall–Kier alpha value is -2.29. The highest BCUT2D eigenvalue weighted by atomic mass is 32.2. The van der Waals surface area contributed by atoms with E-state index in [0.717, 1.165) is 11.3 Å². The van der Waals surface area contributed by atoms with Crippen molar-refractivity contribution in [3.8, 4) is 17.2 Å². The van der Waals surface area contributed by atoms with Crippen molar-refractivity contribution in [3.05, 3.63) is 42.0 Å². The first kappa shape index (κ1) is 20.4. The Morgan fingerprint density at radius 1 is 0.893 bits per heavy atom. The van der Waals surface area contributed by atoms with Gasteiger partial charge in [-0.3, -0.25) is 0 Å². The summed E-state index contributed by atoms with van der Waals surface area (Å²) in [6.07, 6.45) is 0. The fraction of sp³-hybridized carbons (Fsp3) is 0.400. The van der Waals surface area contributed by atoms with Crippen LogP contribution < -0.4 is 19.1 Å². The van der Waals surface area contributed by atoms with Gasteiger partial charge in [-0.25, -0.2) is 8.42 Å². The molecule has 1 fully saturated rings. The number of methoxy groups -OCH3 is 3. The van der Waals surface area contributed by atoms with E-state index in [1.165, 1.54) is 4.90 Å². The molecule has 0 radical (unpaired) electrons. The van der Waals surface area contributed by atoms with E-state index in [1.807, 2.05) is 31.2 Å². The van der Waals surface area contributed by atoms with Gasteiger partial charge in [0.05, 0.1) is 52.4 Å². The minimum absolute atomic E-state index is 0.342. The molecule has 0 unspecified atom stereocenters. The molecule has 152 valence electrons. The maximum atomic E-state index is 12.9. The van der Waals surface area contributed by atoms with Crippen LogP contribution in [0.3, 0.4) is 0 Å². The Kier molecular flexibility index (Phi) is 6.12. The van der Waals surface area contributed by atoms with E-state index >= 15 is 0 Å². The molecule has 3 rings (SSSR count). The summed E-state index contributed by atoms with van der Waals surface area (Å²) in [6, 6.07) is 10.8. The Balaban J connectivity index is 1.77. The number of nitrogens with zero attached hydrogens (tertiary/aromatic N) is 1. The van der Waals surface area contributed by atoms with Crippen LogP contribution in [-0.2, 0) is 10.0 Å². The fourth-order valence-electron chi connectivity index (χ4n) is 3.43. The molecule has 7 nitrogen and oxygen atoms in total. The summed E-state index contributed by atoms with van der Waals surface area (Å²) in [7, 11) is 1.27. The summed E-state index contributed by atoms with van der Waals surface area (Å²) in [5.74, 6) is 1.74. The van der Waals surface area contributed by atoms with E-state index in [1.54, 1.807) is 37.8 Å². The molecular weight excluding hydrogens is 380 g/mol. The summed E-state index contributed by atoms with van der Waals surface area (Å²) >= 11 is 0. The first-order valence-corrected chi connectivity index (χ1v) is 10.6. The summed E-state index contributed by atoms with van der Waals surface area (Å²) in [6.45, 7) is 4.15. The van der Waals surface area contributed by atoms with Crippen molar-refractivity contribution in [3.63, 3.8) is 0 Å². The van der Waals surface area contributed by atoms with Gasteiger partial charge in [-0.05, 0) is 19.1 Å². The number of piperazine rings is 1. The average molecular weight is 408 g/mol. The Morgan fingerprint density at radius 3 is 1.89 bits per heavy atom. The molecule has 0 aliphatic carbocycles. The maximum Gasteiger partial charge on any atom is 0.243 e. The van der Waals surface area contributed by atoms with Gasteiger partial charge in [0.25, 0.3) is 0 Å². The van der Waals surface area contributed by atoms with Crippen LogP contribution in [0.15, 0.2) is 41.3 Å². The molecule has 0 amide bonds. The van der Waals surface area contributed by atoms with Crippen LogP contribution in [0.1, 0.15) is 5.56 Å². The number of benzene rings is 2. The second-order valence-corrected chi connectivity index (χ2v) is 8.67. The molecule has 8 heteroatoms. The molecule has 28 heavy (non-hydrogen) atoms. The Morgan fingerprint density at radius 2 is 1.43 bits per heavy atom. The smallest absolute Gasteiger partial charge is 0.243 e. The van der Waals surface area contributed by atoms with Crippen LogP contribution in [0.2, 0.25) is 0 Å². The van der Waals surface area contributed by atoms with E-state index in [0.29, 0.717) is 48.3 Å². The van der Waals surface area contributed by atoms with Gasteiger partial charge in [0.15, 0.2) is 11.5 Å². The number of sulfonamides is 1. The van der Waals surface area contributed by atoms with Gasteiger partial charge in [0, 0.05) is 12.1 Å². The number of rotatable bonds is 6. The van der Waals surface area contributed by atoms with E-state index in [4.69, 9.17) is 14.2 Å². The van der Waals surface area contributed by atoms with Crippen LogP contribution >= 0.6 is 0 Å². The molecule has 0 atom stereocenters. The lowest BCUT2D eigenvalue weighted by Crippen LogP contribution is -3.10. The van der Waals surface area contributed by atoms with Crippen LogP contribution in [0, 0.1) is 6.92 Å². The highest BCUT2D eigenvalue weighted by Crippen LogP contribution is 2.39. The predicted octanol–water partition coefficient (Wildman–Crippen LogP) is 1.24. The number of quaternary nitrogens is 1. The van der Waals surface area contributed by atoms with Crippen LogP contribution in [0.5, 0.6) is 17.2 Å². The van der Waals surface area contributed by atoms with Crippen LogP contribution in [-0.4, -0.2) is 60.2 Å². The molecule has 0 aromatic heterocycles. The van der Waals surface area contributed by atoms with Gasteiger partial charge in [0.1, 0.15) is 5.69 Å². The lowest BCUT2D eigenvalue weighted by atomic mass is 10.2. The highest BCUT2D eigenvalue weighted by molar-refractivity contribution is 7.89. The van der Waals surface area contributed by atoms with Gasteiger partial charge in [0.2, 0.25) is 15.8 Å². The van der Waals surface area contributed by atoms with Crippen LogP contribution in [0.25, 0.3) is 0 Å². The largest absolute Gasteiger partial charge is 0.492 e. The molecule has 0 spiro atoms. The molecule has 1 heterocycles. The highest BCUT2D eigenvalue weighted by Gasteiger charge is 2.32. The van der Waals surface area contributed by atoms with Crippen LogP contribution in [0.4, 0.5) is 5.69 Å². The molecule has 2 aromatic rings. The average Bonchev–Trinajstić information content (AvgIpc) is 2.73. The van der Waals surface area contributed by atoms with E-state index < -0.39 is 10.0 Å². The first-order valence-electron chi connectivity index (χ1n) is 9.12. The quantitative estimate of drug-likeness (QED) is 0.780. The third kappa shape index (κ3) is 3.94. The molecule has 1 saturated heterocycles. The van der Waals surface area contributed by atoms with Gasteiger partial charge in [-0.2, -0.15) is 4.31 Å². The van der Waals surface area contributed by atoms with Crippen molar-refractivity contribution in [2.24, 2.45) is 0 Å². The topological polar surface area (TPSA) is 69.5 Å². The summed E-state index contributed by atoms with van der Waals surface area (Å²) in [4.78, 5) is 1.52. The van der Waals surface area contributed by atoms with Gasteiger partial charge >= 0.3 is 0 Å². The predicted molar refractivity (Wildman–Crippen MR) is 106 cm³/mol. The lowest BCUT2D eigenvalue weighted by Gasteiger charge is -2.31. The second kappa shape index (κ2) is 8.38. The lowest BCUT2D eigenvalue weighted by molar-refractivity contribution is -0.837. The summed E-state index contributed by atoms with van der Waals surface area (Å²) < 4.78 is 43.6. The standard InChI is InChI=1S/C20H26N2O5S/c1-15-5-7-17(8-6-15)28(23,24)22-11-9-21(10-12-22)16-13-18(25-2)20(27-4)19(14-16)26-3/h5-8,13-14H,9-12H2,1-4H3/p+1. The minimum Gasteiger partial charge on any atom is -0.492 e. The first-order chi connectivity index (χ1) is 13.4. The molecule has 2 aromatic carbocycles. The Bertz CT molecular complexity index is 895. The van der Waals surface area contributed by atoms with Crippen molar-refractivity contribution in [1.82, 2.24) is 4.31 Å². The molecule has 0 saturated carbocycles. The van der Waals surface area contributed by atoms with Gasteiger partial charge in [-0.15, -0.1) is 0 Å². The number of ether oxygens (including phenoxy) is 3. The van der Waals surface area contributed by atoms with Crippen molar-refractivity contribution in [2.75, 3.05) is 47.5 Å². The van der Waals surface area contributed by atoms with E-state index in [9.17, 15) is 8.42 Å². The second-order valence-electron chi connectivity index (χ2n) is 6.73. The van der Waals surface area contributed by atoms with Crippen molar-refractivity contribution < 1.29 is 27.5 Å². The summed E-state index contributed by atoms with van der Waals surface area (Å²) in [5, 5.41) is 0. The summed E-state index contributed by atoms with van der Waals surface area (Å²) in [5.41, 5.74) is 2.03. The molecular formula is C20H27N2O5S+.